The van der Waals surface area contributed by atoms with E-state index in [0.717, 1.165) is 18.4 Å². The number of para-hydroxylation sites is 1. The number of carbonyl (C=O) groups is 1. The van der Waals surface area contributed by atoms with E-state index in [1.165, 1.54) is 4.31 Å². The van der Waals surface area contributed by atoms with Gasteiger partial charge in [-0.2, -0.15) is 0 Å². The Morgan fingerprint density at radius 1 is 1.10 bits per heavy atom. The lowest BCUT2D eigenvalue weighted by Gasteiger charge is -2.59. The van der Waals surface area contributed by atoms with E-state index in [-0.39, 0.29) is 42.0 Å². The zero-order chi connectivity index (χ0) is 21.0. The molecule has 1 saturated carbocycles. The summed E-state index contributed by atoms with van der Waals surface area (Å²) in [6.07, 6.45) is 2.65. The van der Waals surface area contributed by atoms with Gasteiger partial charge in [-0.25, -0.2) is 8.42 Å². The van der Waals surface area contributed by atoms with Gasteiger partial charge >= 0.3 is 0 Å². The van der Waals surface area contributed by atoms with Gasteiger partial charge in [0, 0.05) is 12.3 Å². The smallest absolute Gasteiger partial charge is 0.264 e. The molecule has 1 amide bonds. The number of aliphatic hydroxyl groups is 1. The van der Waals surface area contributed by atoms with Crippen LogP contribution in [-0.4, -0.2) is 49.6 Å². The zero-order valence-electron chi connectivity index (χ0n) is 16.9. The predicted octanol–water partition coefficient (Wildman–Crippen LogP) is 2.66. The first-order valence-electron chi connectivity index (χ1n) is 10.5. The number of amides is 1. The van der Waals surface area contributed by atoms with Crippen LogP contribution in [0.25, 0.3) is 0 Å². The van der Waals surface area contributed by atoms with Crippen molar-refractivity contribution >= 4 is 21.6 Å². The SMILES string of the molecule is Cc1ccccc1S(=O)(=O)N1C[C@H]2[C@@H](c3ccccc31)[C@H](CO)N2C(=O)CC1CC1. The molecule has 2 heterocycles. The van der Waals surface area contributed by atoms with Crippen molar-refractivity contribution in [2.24, 2.45) is 5.92 Å². The number of sulfonamides is 1. The first-order valence-corrected chi connectivity index (χ1v) is 12.0. The van der Waals surface area contributed by atoms with Gasteiger partial charge in [0.1, 0.15) is 0 Å². The molecule has 3 atom stereocenters. The third kappa shape index (κ3) is 2.94. The average Bonchev–Trinajstić information content (AvgIpc) is 3.52. The van der Waals surface area contributed by atoms with Gasteiger partial charge in [-0.1, -0.05) is 36.4 Å². The van der Waals surface area contributed by atoms with E-state index < -0.39 is 10.0 Å². The van der Waals surface area contributed by atoms with E-state index >= 15 is 0 Å². The minimum Gasteiger partial charge on any atom is -0.394 e. The van der Waals surface area contributed by atoms with Gasteiger partial charge in [-0.3, -0.25) is 9.10 Å². The van der Waals surface area contributed by atoms with Crippen LogP contribution in [0, 0.1) is 12.8 Å². The molecular weight excluding hydrogens is 400 g/mol. The van der Waals surface area contributed by atoms with Crippen LogP contribution >= 0.6 is 0 Å². The third-order valence-electron chi connectivity index (χ3n) is 6.76. The van der Waals surface area contributed by atoms with Gasteiger partial charge in [0.2, 0.25) is 5.91 Å². The standard InChI is InChI=1S/C23H26N2O4S/c1-15-6-2-5-9-21(15)30(28,29)24-13-19-23(17-7-3-4-8-18(17)24)20(14-26)25(19)22(27)12-16-10-11-16/h2-9,16,19-20,23,26H,10-14H2,1H3/t19-,20-,23+/m0/s1. The van der Waals surface area contributed by atoms with Crippen LogP contribution in [0.2, 0.25) is 0 Å². The second kappa shape index (κ2) is 7.10. The van der Waals surface area contributed by atoms with E-state index in [1.807, 2.05) is 30.3 Å². The Labute approximate surface area is 177 Å². The molecule has 0 radical (unpaired) electrons. The molecule has 0 unspecified atom stereocenters. The molecule has 1 aliphatic carbocycles. The third-order valence-corrected chi connectivity index (χ3v) is 8.70. The quantitative estimate of drug-likeness (QED) is 0.797. The summed E-state index contributed by atoms with van der Waals surface area (Å²) in [4.78, 5) is 15.0. The Bertz CT molecular complexity index is 1100. The van der Waals surface area contributed by atoms with Crippen molar-refractivity contribution < 1.29 is 18.3 Å². The lowest BCUT2D eigenvalue weighted by molar-refractivity contribution is -0.150. The molecule has 1 N–H and O–H groups in total. The number of aryl methyl sites for hydroxylation is 1. The van der Waals surface area contributed by atoms with E-state index in [0.29, 0.717) is 23.6 Å². The minimum absolute atomic E-state index is 0.0328. The number of benzene rings is 2. The largest absolute Gasteiger partial charge is 0.394 e. The van der Waals surface area contributed by atoms with Crippen LogP contribution in [0.3, 0.4) is 0 Å². The fourth-order valence-corrected chi connectivity index (χ4v) is 6.80. The van der Waals surface area contributed by atoms with Gasteiger partial charge in [0.15, 0.2) is 0 Å². The van der Waals surface area contributed by atoms with Crippen molar-refractivity contribution in [2.75, 3.05) is 17.5 Å². The highest BCUT2D eigenvalue weighted by molar-refractivity contribution is 7.92. The molecule has 0 aromatic heterocycles. The molecule has 0 bridgehead atoms. The molecule has 1 saturated heterocycles. The first kappa shape index (κ1) is 19.6. The number of hydrogen-bond acceptors (Lipinski definition) is 4. The summed E-state index contributed by atoms with van der Waals surface area (Å²) in [7, 11) is -3.78. The number of rotatable bonds is 5. The molecule has 30 heavy (non-hydrogen) atoms. The van der Waals surface area contributed by atoms with Gasteiger partial charge in [0.25, 0.3) is 10.0 Å². The molecule has 7 heteroatoms. The number of likely N-dealkylation sites (tertiary alicyclic amines) is 1. The summed E-state index contributed by atoms with van der Waals surface area (Å²) in [5.74, 6) is 0.432. The van der Waals surface area contributed by atoms with Crippen LogP contribution in [0.5, 0.6) is 0 Å². The van der Waals surface area contributed by atoms with Crippen molar-refractivity contribution in [1.29, 1.82) is 0 Å². The summed E-state index contributed by atoms with van der Waals surface area (Å²) in [5, 5.41) is 10.0. The number of nitrogens with zero attached hydrogens (tertiary/aromatic N) is 2. The fourth-order valence-electron chi connectivity index (χ4n) is 5.07. The van der Waals surface area contributed by atoms with Gasteiger partial charge in [0.05, 0.1) is 35.8 Å². The Morgan fingerprint density at radius 3 is 2.50 bits per heavy atom. The van der Waals surface area contributed by atoms with Crippen molar-refractivity contribution in [3.8, 4) is 0 Å². The molecular formula is C23H26N2O4S. The normalized spacial score (nSPS) is 25.3. The van der Waals surface area contributed by atoms with Crippen LogP contribution in [0.1, 0.15) is 36.3 Å². The van der Waals surface area contributed by atoms with Crippen molar-refractivity contribution in [2.45, 2.75) is 49.1 Å². The highest BCUT2D eigenvalue weighted by Crippen LogP contribution is 2.50. The molecule has 2 aromatic carbocycles. The number of aliphatic hydroxyl groups excluding tert-OH is 1. The molecule has 158 valence electrons. The Morgan fingerprint density at radius 2 is 1.80 bits per heavy atom. The highest BCUT2D eigenvalue weighted by Gasteiger charge is 2.56. The maximum atomic E-state index is 13.6. The lowest BCUT2D eigenvalue weighted by atomic mass is 9.72. The van der Waals surface area contributed by atoms with Crippen LogP contribution in [-0.2, 0) is 14.8 Å². The van der Waals surface area contributed by atoms with Crippen molar-refractivity contribution in [3.63, 3.8) is 0 Å². The summed E-state index contributed by atoms with van der Waals surface area (Å²) in [5.41, 5.74) is 2.23. The number of fused-ring (bicyclic) bond motifs is 3. The first-order chi connectivity index (χ1) is 14.4. The van der Waals surface area contributed by atoms with Gasteiger partial charge in [-0.05, 0) is 48.9 Å². The number of carbonyl (C=O) groups excluding carboxylic acids is 1. The van der Waals surface area contributed by atoms with Gasteiger partial charge in [-0.15, -0.1) is 0 Å². The minimum atomic E-state index is -3.78. The van der Waals surface area contributed by atoms with E-state index in [9.17, 15) is 18.3 Å². The highest BCUT2D eigenvalue weighted by atomic mass is 32.2. The Balaban J connectivity index is 1.56. The molecule has 0 spiro atoms. The number of hydrogen-bond donors (Lipinski definition) is 1. The summed E-state index contributed by atoms with van der Waals surface area (Å²) < 4.78 is 28.7. The lowest BCUT2D eigenvalue weighted by Crippen LogP contribution is -2.70. The average molecular weight is 427 g/mol. The fraction of sp³-hybridized carbons (Fsp3) is 0.435. The van der Waals surface area contributed by atoms with Crippen molar-refractivity contribution in [1.82, 2.24) is 4.90 Å². The second-order valence-electron chi connectivity index (χ2n) is 8.65. The van der Waals surface area contributed by atoms with Crippen LogP contribution in [0.4, 0.5) is 5.69 Å². The zero-order valence-corrected chi connectivity index (χ0v) is 17.8. The van der Waals surface area contributed by atoms with Crippen LogP contribution < -0.4 is 4.31 Å². The molecule has 3 aliphatic rings. The second-order valence-corrected chi connectivity index (χ2v) is 10.5. The molecule has 5 rings (SSSR count). The van der Waals surface area contributed by atoms with E-state index in [2.05, 4.69) is 0 Å². The summed E-state index contributed by atoms with van der Waals surface area (Å²) in [6.45, 7) is 1.89. The topological polar surface area (TPSA) is 77.9 Å². The molecule has 6 nitrogen and oxygen atoms in total. The maximum absolute atomic E-state index is 13.6. The maximum Gasteiger partial charge on any atom is 0.264 e. The van der Waals surface area contributed by atoms with Crippen molar-refractivity contribution in [3.05, 3.63) is 59.7 Å². The predicted molar refractivity (Wildman–Crippen MR) is 114 cm³/mol. The van der Waals surface area contributed by atoms with E-state index in [1.54, 1.807) is 30.0 Å². The molecule has 2 fully saturated rings. The Hall–Kier alpha value is -2.38. The molecule has 2 aliphatic heterocycles. The number of anilines is 1. The van der Waals surface area contributed by atoms with E-state index in [4.69, 9.17) is 0 Å². The monoisotopic (exact) mass is 426 g/mol. The molecule has 2 aromatic rings. The summed E-state index contributed by atoms with van der Waals surface area (Å²) in [6, 6.07) is 13.9. The summed E-state index contributed by atoms with van der Waals surface area (Å²) >= 11 is 0. The Kier molecular flexibility index (Phi) is 4.63. The van der Waals surface area contributed by atoms with Crippen LogP contribution in [0.15, 0.2) is 53.4 Å². The van der Waals surface area contributed by atoms with Gasteiger partial charge < -0.3 is 10.0 Å².